The molecule has 0 aliphatic heterocycles. The van der Waals surface area contributed by atoms with Crippen LogP contribution in [0.1, 0.15) is 0 Å². The summed E-state index contributed by atoms with van der Waals surface area (Å²) in [5.41, 5.74) is 0. The van der Waals surface area contributed by atoms with Crippen LogP contribution in [0.2, 0.25) is 51.4 Å². The van der Waals surface area contributed by atoms with E-state index in [1.165, 1.54) is 0 Å². The summed E-state index contributed by atoms with van der Waals surface area (Å²) >= 11 is -1.74. The molecule has 6 nitrogen and oxygen atoms in total. The Morgan fingerprint density at radius 2 is 1.00 bits per heavy atom. The molecule has 0 saturated heterocycles. The molecule has 0 amide bonds. The second-order valence-electron chi connectivity index (χ2n) is 7.42. The van der Waals surface area contributed by atoms with E-state index in [2.05, 4.69) is 44.5 Å². The molecule has 0 heterocycles. The second kappa shape index (κ2) is 8.01. The van der Waals surface area contributed by atoms with Crippen LogP contribution in [0.5, 0.6) is 0 Å². The van der Waals surface area contributed by atoms with E-state index in [0.717, 1.165) is 0 Å². The minimum absolute atomic E-state index is 0.0119. The van der Waals surface area contributed by atoms with Gasteiger partial charge in [-0.1, -0.05) is 0 Å². The van der Waals surface area contributed by atoms with Crippen LogP contribution >= 0.6 is 0 Å². The van der Waals surface area contributed by atoms with Crippen LogP contribution in [0, 0.1) is 0 Å². The van der Waals surface area contributed by atoms with Gasteiger partial charge in [-0.3, -0.25) is 0 Å². The van der Waals surface area contributed by atoms with Crippen molar-refractivity contribution in [1.29, 1.82) is 0 Å². The molecule has 11 heteroatoms. The standard InChI is InChI=1S/C10H26N2O4S2Si2Te/c1-19(2,3)9-7-17(13,14)11-21-12-18(15,16)8-10-20(4,5)6/h7-10H2,1-6H3. The van der Waals surface area contributed by atoms with E-state index in [1.54, 1.807) is 0 Å². The summed E-state index contributed by atoms with van der Waals surface area (Å²) in [5.74, 6) is 0.0237. The molecule has 0 fully saturated rings. The monoisotopic (exact) mass is 488 g/mol. The molecule has 0 radical (unpaired) electrons. The van der Waals surface area contributed by atoms with Gasteiger partial charge in [0.1, 0.15) is 0 Å². The van der Waals surface area contributed by atoms with Crippen molar-refractivity contribution >= 4 is 56.8 Å². The molecule has 0 aromatic carbocycles. The molecule has 0 spiro atoms. The summed E-state index contributed by atoms with van der Waals surface area (Å²) in [4.78, 5) is 0. The van der Waals surface area contributed by atoms with Gasteiger partial charge in [-0.2, -0.15) is 0 Å². The zero-order valence-electron chi connectivity index (χ0n) is 13.6. The molecule has 0 unspecified atom stereocenters. The average Bonchev–Trinajstić information content (AvgIpc) is 2.22. The van der Waals surface area contributed by atoms with Gasteiger partial charge in [0.25, 0.3) is 0 Å². The number of rotatable bonds is 8. The number of nitrogens with zero attached hydrogens (tertiary/aromatic N) is 2. The molecule has 126 valence electrons. The molecular weight excluding hydrogens is 460 g/mol. The van der Waals surface area contributed by atoms with Gasteiger partial charge in [0.05, 0.1) is 0 Å². The molecule has 0 aromatic rings. The van der Waals surface area contributed by atoms with Crippen LogP contribution in [0.4, 0.5) is 0 Å². The van der Waals surface area contributed by atoms with E-state index in [9.17, 15) is 16.8 Å². The topological polar surface area (TPSA) is 93.0 Å². The van der Waals surface area contributed by atoms with Crippen LogP contribution in [0.15, 0.2) is 5.18 Å². The van der Waals surface area contributed by atoms with E-state index in [0.29, 0.717) is 12.1 Å². The zero-order valence-corrected chi connectivity index (χ0v) is 19.5. The quantitative estimate of drug-likeness (QED) is 0.493. The summed E-state index contributed by atoms with van der Waals surface area (Å²) in [6.07, 6.45) is 0. The first-order valence-electron chi connectivity index (χ1n) is 6.68. The Kier molecular flexibility index (Phi) is 8.29. The first kappa shape index (κ1) is 21.7. The van der Waals surface area contributed by atoms with Crippen molar-refractivity contribution in [3.8, 4) is 0 Å². The molecule has 0 aliphatic rings. The van der Waals surface area contributed by atoms with Gasteiger partial charge in [0.15, 0.2) is 0 Å². The molecule has 0 aliphatic carbocycles. The van der Waals surface area contributed by atoms with Gasteiger partial charge in [-0.25, -0.2) is 0 Å². The van der Waals surface area contributed by atoms with Gasteiger partial charge in [-0.05, 0) is 0 Å². The van der Waals surface area contributed by atoms with Crippen molar-refractivity contribution in [2.45, 2.75) is 51.4 Å². The molecule has 0 N–H and O–H groups in total. The Labute approximate surface area is 141 Å². The van der Waals surface area contributed by atoms with Gasteiger partial charge < -0.3 is 0 Å². The fraction of sp³-hybridized carbons (Fsp3) is 1.00. The Balaban J connectivity index is 4.78. The Bertz CT molecular complexity index is 560. The molecular formula is C10H26N2O4S2Si2Te. The Morgan fingerprint density at radius 1 is 0.714 bits per heavy atom. The summed E-state index contributed by atoms with van der Waals surface area (Å²) < 4.78 is 54.0. The zero-order chi connectivity index (χ0) is 16.9. The molecule has 0 atom stereocenters. The number of sulfonamides is 2. The minimum atomic E-state index is -3.51. The van der Waals surface area contributed by atoms with Crippen LogP contribution in [0.3, 0.4) is 0 Å². The molecule has 21 heavy (non-hydrogen) atoms. The SMILES string of the molecule is C[Si](C)(C)CCS(=O)(=O)N=[Te]=NS(=O)(=O)CC[Si](C)(C)C. The maximum atomic E-state index is 11.7. The van der Waals surface area contributed by atoms with Crippen LogP contribution in [-0.4, -0.2) is 65.1 Å². The van der Waals surface area contributed by atoms with Crippen LogP contribution < -0.4 is 0 Å². The van der Waals surface area contributed by atoms with Crippen LogP contribution in [-0.2, 0) is 20.0 Å². The van der Waals surface area contributed by atoms with Crippen molar-refractivity contribution in [3.05, 3.63) is 0 Å². The van der Waals surface area contributed by atoms with Crippen molar-refractivity contribution in [2.24, 2.45) is 5.18 Å². The normalized spacial score (nSPS) is 13.8. The van der Waals surface area contributed by atoms with Crippen molar-refractivity contribution in [1.82, 2.24) is 0 Å². The third-order valence-corrected chi connectivity index (χ3v) is 13.8. The molecule has 0 rings (SSSR count). The van der Waals surface area contributed by atoms with Crippen molar-refractivity contribution in [3.63, 3.8) is 0 Å². The summed E-state index contributed by atoms with van der Waals surface area (Å²) in [6, 6.07) is 1.27. The average molecular weight is 486 g/mol. The van der Waals surface area contributed by atoms with E-state index in [4.69, 9.17) is 0 Å². The predicted octanol–water partition coefficient (Wildman–Crippen LogP) is 2.39. The van der Waals surface area contributed by atoms with Crippen molar-refractivity contribution < 1.29 is 16.8 Å². The van der Waals surface area contributed by atoms with E-state index >= 15 is 0 Å². The number of hydrogen-bond acceptors (Lipinski definition) is 4. The molecule has 0 saturated carbocycles. The van der Waals surface area contributed by atoms with Crippen LogP contribution in [0.25, 0.3) is 0 Å². The third kappa shape index (κ3) is 14.1. The molecule has 0 bridgehead atoms. The maximum absolute atomic E-state index is 11.7. The van der Waals surface area contributed by atoms with Crippen molar-refractivity contribution in [2.75, 3.05) is 11.5 Å². The third-order valence-electron chi connectivity index (χ3n) is 2.51. The molecule has 0 aromatic heterocycles. The van der Waals surface area contributed by atoms with E-state index in [-0.39, 0.29) is 11.5 Å². The summed E-state index contributed by atoms with van der Waals surface area (Å²) in [7, 11) is -9.92. The fourth-order valence-corrected chi connectivity index (χ4v) is 12.2. The number of hydrogen-bond donors (Lipinski definition) is 0. The Hall–Kier alpha value is 0.723. The summed E-state index contributed by atoms with van der Waals surface area (Å²) in [6.45, 7) is 12.5. The van der Waals surface area contributed by atoms with E-state index in [1.807, 2.05) is 0 Å². The Morgan fingerprint density at radius 3 is 1.24 bits per heavy atom. The summed E-state index contributed by atoms with van der Waals surface area (Å²) in [5, 5.41) is 0. The van der Waals surface area contributed by atoms with E-state index < -0.39 is 56.8 Å². The van der Waals surface area contributed by atoms with Gasteiger partial charge in [-0.15, -0.1) is 0 Å². The fourth-order valence-electron chi connectivity index (χ4n) is 1.06. The first-order valence-corrected chi connectivity index (χ1v) is 19.4. The van der Waals surface area contributed by atoms with Gasteiger partial charge >= 0.3 is 142 Å². The van der Waals surface area contributed by atoms with Gasteiger partial charge in [0.2, 0.25) is 0 Å². The second-order valence-corrected chi connectivity index (χ2v) is 25.1. The predicted molar refractivity (Wildman–Crippen MR) is 94.5 cm³/mol. The van der Waals surface area contributed by atoms with Gasteiger partial charge in [0, 0.05) is 0 Å². The first-order chi connectivity index (χ1) is 9.12.